The Kier molecular flexibility index (Phi) is 4.53. The van der Waals surface area contributed by atoms with E-state index in [1.807, 2.05) is 75.5 Å². The lowest BCUT2D eigenvalue weighted by molar-refractivity contribution is -0.126. The molecule has 4 heteroatoms. The highest BCUT2D eigenvalue weighted by Crippen LogP contribution is 2.33. The van der Waals surface area contributed by atoms with Crippen molar-refractivity contribution in [3.05, 3.63) is 65.9 Å². The molecule has 0 bridgehead atoms. The zero-order valence-electron chi connectivity index (χ0n) is 15.1. The van der Waals surface area contributed by atoms with E-state index in [9.17, 15) is 4.79 Å². The molecule has 1 atom stereocenters. The minimum absolute atomic E-state index is 0.00688. The van der Waals surface area contributed by atoms with E-state index < -0.39 is 5.41 Å². The molecule has 25 heavy (non-hydrogen) atoms. The van der Waals surface area contributed by atoms with Crippen LogP contribution in [0, 0.1) is 0 Å². The number of carbonyl (C=O) groups is 1. The van der Waals surface area contributed by atoms with Crippen molar-refractivity contribution in [3.8, 4) is 5.75 Å². The minimum atomic E-state index is -0.673. The van der Waals surface area contributed by atoms with Crippen LogP contribution < -0.4 is 10.1 Å². The Morgan fingerprint density at radius 1 is 1.16 bits per heavy atom. The number of benzene rings is 2. The first-order valence-corrected chi connectivity index (χ1v) is 8.45. The van der Waals surface area contributed by atoms with Gasteiger partial charge in [-0.3, -0.25) is 4.79 Å². The Labute approximate surface area is 148 Å². The molecule has 0 radical (unpaired) electrons. The van der Waals surface area contributed by atoms with E-state index in [-0.39, 0.29) is 11.9 Å². The first kappa shape index (κ1) is 17.1. The molecule has 0 saturated heterocycles. The lowest BCUT2D eigenvalue weighted by atomic mass is 9.83. The standard InChI is InChI=1S/C21H24N2O2/c1-14(15-8-6-5-7-9-15)23-20(24)21(2,3)18-13-22-19-11-10-16(25-4)12-17(18)19/h5-14,22H,1-4H3,(H,23,24). The van der Waals surface area contributed by atoms with Crippen LogP contribution >= 0.6 is 0 Å². The van der Waals surface area contributed by atoms with Crippen molar-refractivity contribution in [2.45, 2.75) is 32.2 Å². The van der Waals surface area contributed by atoms with Gasteiger partial charge in [-0.1, -0.05) is 30.3 Å². The van der Waals surface area contributed by atoms with Crippen molar-refractivity contribution in [2.75, 3.05) is 7.11 Å². The number of aromatic nitrogens is 1. The van der Waals surface area contributed by atoms with Crippen LogP contribution in [0.3, 0.4) is 0 Å². The van der Waals surface area contributed by atoms with E-state index in [4.69, 9.17) is 4.74 Å². The smallest absolute Gasteiger partial charge is 0.230 e. The Morgan fingerprint density at radius 3 is 2.56 bits per heavy atom. The van der Waals surface area contributed by atoms with Crippen molar-refractivity contribution in [3.63, 3.8) is 0 Å². The number of aromatic amines is 1. The number of amides is 1. The number of methoxy groups -OCH3 is 1. The maximum Gasteiger partial charge on any atom is 0.230 e. The summed E-state index contributed by atoms with van der Waals surface area (Å²) in [5.74, 6) is 0.773. The predicted octanol–water partition coefficient (Wildman–Crippen LogP) is 4.33. The van der Waals surface area contributed by atoms with Gasteiger partial charge in [-0.2, -0.15) is 0 Å². The summed E-state index contributed by atoms with van der Waals surface area (Å²) in [5.41, 5.74) is 2.37. The monoisotopic (exact) mass is 336 g/mol. The van der Waals surface area contributed by atoms with Crippen LogP contribution in [0.15, 0.2) is 54.7 Å². The molecule has 0 aliphatic carbocycles. The van der Waals surface area contributed by atoms with Crippen LogP contribution in [0.25, 0.3) is 10.9 Å². The molecule has 1 amide bonds. The number of carbonyl (C=O) groups excluding carboxylic acids is 1. The lowest BCUT2D eigenvalue weighted by Crippen LogP contribution is -2.41. The summed E-state index contributed by atoms with van der Waals surface area (Å²) in [5, 5.41) is 4.14. The minimum Gasteiger partial charge on any atom is -0.497 e. The Bertz CT molecular complexity index is 881. The van der Waals surface area contributed by atoms with Crippen LogP contribution in [0.2, 0.25) is 0 Å². The van der Waals surface area contributed by atoms with Gasteiger partial charge in [0.15, 0.2) is 0 Å². The molecule has 2 N–H and O–H groups in total. The summed E-state index contributed by atoms with van der Waals surface area (Å²) in [7, 11) is 1.65. The molecule has 1 aromatic heterocycles. The van der Waals surface area contributed by atoms with Crippen LogP contribution in [0.4, 0.5) is 0 Å². The van der Waals surface area contributed by atoms with Crippen molar-refractivity contribution in [1.29, 1.82) is 0 Å². The molecule has 0 saturated carbocycles. The molecular formula is C21H24N2O2. The van der Waals surface area contributed by atoms with Crippen molar-refractivity contribution in [2.24, 2.45) is 0 Å². The molecule has 4 nitrogen and oxygen atoms in total. The molecule has 1 heterocycles. The van der Waals surface area contributed by atoms with Gasteiger partial charge < -0.3 is 15.0 Å². The Hall–Kier alpha value is -2.75. The second-order valence-corrected chi connectivity index (χ2v) is 6.84. The largest absolute Gasteiger partial charge is 0.497 e. The maximum atomic E-state index is 13.0. The topological polar surface area (TPSA) is 54.1 Å². The number of fused-ring (bicyclic) bond motifs is 1. The molecular weight excluding hydrogens is 312 g/mol. The summed E-state index contributed by atoms with van der Waals surface area (Å²) in [4.78, 5) is 16.2. The number of hydrogen-bond acceptors (Lipinski definition) is 2. The number of ether oxygens (including phenoxy) is 1. The van der Waals surface area contributed by atoms with E-state index in [0.29, 0.717) is 0 Å². The highest BCUT2D eigenvalue weighted by Gasteiger charge is 2.33. The fourth-order valence-corrected chi connectivity index (χ4v) is 3.07. The van der Waals surface area contributed by atoms with Gasteiger partial charge in [-0.05, 0) is 50.1 Å². The quantitative estimate of drug-likeness (QED) is 0.728. The third kappa shape index (κ3) is 3.25. The first-order valence-electron chi connectivity index (χ1n) is 8.45. The van der Waals surface area contributed by atoms with Crippen molar-refractivity contribution < 1.29 is 9.53 Å². The van der Waals surface area contributed by atoms with E-state index in [1.54, 1.807) is 7.11 Å². The third-order valence-corrected chi connectivity index (χ3v) is 4.78. The van der Waals surface area contributed by atoms with Gasteiger partial charge in [0.25, 0.3) is 0 Å². The summed E-state index contributed by atoms with van der Waals surface area (Å²) < 4.78 is 5.33. The first-order chi connectivity index (χ1) is 11.9. The summed E-state index contributed by atoms with van der Waals surface area (Å²) >= 11 is 0. The molecule has 0 aliphatic heterocycles. The van der Waals surface area contributed by atoms with Gasteiger partial charge in [0.1, 0.15) is 5.75 Å². The third-order valence-electron chi connectivity index (χ3n) is 4.78. The lowest BCUT2D eigenvalue weighted by Gasteiger charge is -2.26. The van der Waals surface area contributed by atoms with Gasteiger partial charge in [0, 0.05) is 17.1 Å². The number of nitrogens with one attached hydrogen (secondary N) is 2. The van der Waals surface area contributed by atoms with E-state index in [2.05, 4.69) is 10.3 Å². The van der Waals surface area contributed by atoms with Crippen LogP contribution in [0.1, 0.15) is 37.9 Å². The highest BCUT2D eigenvalue weighted by atomic mass is 16.5. The molecule has 0 aliphatic rings. The molecule has 3 aromatic rings. The average Bonchev–Trinajstić information content (AvgIpc) is 3.06. The van der Waals surface area contributed by atoms with Gasteiger partial charge in [-0.15, -0.1) is 0 Å². The van der Waals surface area contributed by atoms with Crippen LogP contribution in [-0.2, 0) is 10.2 Å². The zero-order chi connectivity index (χ0) is 18.0. The van der Waals surface area contributed by atoms with E-state index in [0.717, 1.165) is 27.8 Å². The summed E-state index contributed by atoms with van der Waals surface area (Å²) in [6.07, 6.45) is 1.91. The molecule has 0 fully saturated rings. The number of rotatable bonds is 5. The van der Waals surface area contributed by atoms with Crippen LogP contribution in [0.5, 0.6) is 5.75 Å². The molecule has 1 unspecified atom stereocenters. The van der Waals surface area contributed by atoms with Gasteiger partial charge in [0.2, 0.25) is 5.91 Å². The Morgan fingerprint density at radius 2 is 1.88 bits per heavy atom. The molecule has 130 valence electrons. The zero-order valence-corrected chi connectivity index (χ0v) is 15.1. The summed E-state index contributed by atoms with van der Waals surface area (Å²) in [6, 6.07) is 15.8. The maximum absolute atomic E-state index is 13.0. The number of hydrogen-bond donors (Lipinski definition) is 2. The van der Waals surface area contributed by atoms with Gasteiger partial charge in [0.05, 0.1) is 18.6 Å². The van der Waals surface area contributed by atoms with Gasteiger partial charge >= 0.3 is 0 Å². The molecule has 0 spiro atoms. The SMILES string of the molecule is COc1ccc2[nH]cc(C(C)(C)C(=O)NC(C)c3ccccc3)c2c1. The fourth-order valence-electron chi connectivity index (χ4n) is 3.07. The fraction of sp³-hybridized carbons (Fsp3) is 0.286. The second-order valence-electron chi connectivity index (χ2n) is 6.84. The van der Waals surface area contributed by atoms with Gasteiger partial charge in [-0.25, -0.2) is 0 Å². The average molecular weight is 336 g/mol. The highest BCUT2D eigenvalue weighted by molar-refractivity contribution is 5.95. The normalized spacial score (nSPS) is 12.8. The van der Waals surface area contributed by atoms with Crippen molar-refractivity contribution >= 4 is 16.8 Å². The molecule has 3 rings (SSSR count). The van der Waals surface area contributed by atoms with Crippen LogP contribution in [-0.4, -0.2) is 18.0 Å². The predicted molar refractivity (Wildman–Crippen MR) is 101 cm³/mol. The van der Waals surface area contributed by atoms with E-state index in [1.165, 1.54) is 0 Å². The number of H-pyrrole nitrogens is 1. The summed E-state index contributed by atoms with van der Waals surface area (Å²) in [6.45, 7) is 5.89. The van der Waals surface area contributed by atoms with Crippen molar-refractivity contribution in [1.82, 2.24) is 10.3 Å². The molecule has 2 aromatic carbocycles. The van der Waals surface area contributed by atoms with E-state index >= 15 is 0 Å². The second kappa shape index (κ2) is 6.63. The Balaban J connectivity index is 1.89.